The molecule has 3 heterocycles. The third-order valence-corrected chi connectivity index (χ3v) is 7.33. The molecule has 2 aliphatic rings. The van der Waals surface area contributed by atoms with E-state index in [0.29, 0.717) is 5.92 Å². The van der Waals surface area contributed by atoms with Gasteiger partial charge >= 0.3 is 0 Å². The fourth-order valence-electron chi connectivity index (χ4n) is 4.42. The van der Waals surface area contributed by atoms with Gasteiger partial charge in [-0.25, -0.2) is 9.97 Å². The molecule has 2 aromatic rings. The van der Waals surface area contributed by atoms with E-state index >= 15 is 0 Å². The molecule has 1 aliphatic heterocycles. The Kier molecular flexibility index (Phi) is 5.34. The second kappa shape index (κ2) is 7.53. The number of rotatable bonds is 2. The van der Waals surface area contributed by atoms with E-state index in [-0.39, 0.29) is 11.3 Å². The number of carbonyl (C=O) groups excluding carboxylic acids is 1. The molecule has 2 aromatic heterocycles. The quantitative estimate of drug-likeness (QED) is 0.719. The summed E-state index contributed by atoms with van der Waals surface area (Å²) in [7, 11) is 0. The van der Waals surface area contributed by atoms with E-state index in [0.717, 1.165) is 55.0 Å². The lowest BCUT2D eigenvalue weighted by atomic mass is 9.89. The molecule has 4 rings (SSSR count). The summed E-state index contributed by atoms with van der Waals surface area (Å²) in [4.78, 5) is 29.8. The first-order valence-electron chi connectivity index (χ1n) is 11.0. The van der Waals surface area contributed by atoms with Crippen LogP contribution in [0.15, 0.2) is 0 Å². The molecule has 0 aromatic carbocycles. The van der Waals surface area contributed by atoms with Crippen LogP contribution in [0.4, 0.5) is 5.82 Å². The van der Waals surface area contributed by atoms with Crippen LogP contribution in [-0.4, -0.2) is 47.0 Å². The number of amides is 1. The van der Waals surface area contributed by atoms with Gasteiger partial charge in [0.05, 0.1) is 5.39 Å². The van der Waals surface area contributed by atoms with E-state index < -0.39 is 0 Å². The van der Waals surface area contributed by atoms with Crippen LogP contribution in [0.25, 0.3) is 10.2 Å². The Labute approximate surface area is 178 Å². The second-order valence-electron chi connectivity index (χ2n) is 10.1. The van der Waals surface area contributed by atoms with Gasteiger partial charge in [-0.05, 0) is 30.7 Å². The normalized spacial score (nSPS) is 20.4. The number of hydrogen-bond acceptors (Lipinski definition) is 5. The fraction of sp³-hybridized carbons (Fsp3) is 0.696. The number of aryl methyl sites for hydroxylation is 1. The van der Waals surface area contributed by atoms with Crippen molar-refractivity contribution in [2.45, 2.75) is 66.7 Å². The molecule has 1 amide bonds. The van der Waals surface area contributed by atoms with Crippen LogP contribution < -0.4 is 4.90 Å². The van der Waals surface area contributed by atoms with E-state index in [9.17, 15) is 4.79 Å². The summed E-state index contributed by atoms with van der Waals surface area (Å²) < 4.78 is 0. The summed E-state index contributed by atoms with van der Waals surface area (Å²) in [6.07, 6.45) is 3.55. The van der Waals surface area contributed by atoms with Gasteiger partial charge in [0.15, 0.2) is 0 Å². The number of nitrogens with zero attached hydrogens (tertiary/aromatic N) is 4. The number of carbonyl (C=O) groups is 1. The Balaban J connectivity index is 1.69. The highest BCUT2D eigenvalue weighted by Gasteiger charge is 2.32. The van der Waals surface area contributed by atoms with Gasteiger partial charge in [0, 0.05) is 42.4 Å². The van der Waals surface area contributed by atoms with E-state index in [2.05, 4.69) is 25.7 Å². The Morgan fingerprint density at radius 1 is 1.14 bits per heavy atom. The van der Waals surface area contributed by atoms with Crippen molar-refractivity contribution in [1.29, 1.82) is 0 Å². The van der Waals surface area contributed by atoms with Crippen LogP contribution in [-0.2, 0) is 17.6 Å². The van der Waals surface area contributed by atoms with E-state index in [1.165, 1.54) is 28.7 Å². The zero-order chi connectivity index (χ0) is 20.9. The van der Waals surface area contributed by atoms with Crippen molar-refractivity contribution >= 4 is 33.3 Å². The predicted octanol–water partition coefficient (Wildman–Crippen LogP) is 4.63. The topological polar surface area (TPSA) is 49.3 Å². The number of anilines is 1. The van der Waals surface area contributed by atoms with Crippen LogP contribution in [0.3, 0.4) is 0 Å². The second-order valence-corrected chi connectivity index (χ2v) is 11.2. The predicted molar refractivity (Wildman–Crippen MR) is 121 cm³/mol. The zero-order valence-corrected chi connectivity index (χ0v) is 19.5. The molecule has 29 heavy (non-hydrogen) atoms. The minimum Gasteiger partial charge on any atom is -0.352 e. The highest BCUT2D eigenvalue weighted by molar-refractivity contribution is 7.19. The summed E-state index contributed by atoms with van der Waals surface area (Å²) in [5.41, 5.74) is 1.17. The van der Waals surface area contributed by atoms with Gasteiger partial charge in [-0.1, -0.05) is 41.5 Å². The molecule has 6 heteroatoms. The zero-order valence-electron chi connectivity index (χ0n) is 18.7. The summed E-state index contributed by atoms with van der Waals surface area (Å²) in [6, 6.07) is 0. The Bertz CT molecular complexity index is 919. The van der Waals surface area contributed by atoms with Crippen molar-refractivity contribution in [1.82, 2.24) is 14.9 Å². The summed E-state index contributed by atoms with van der Waals surface area (Å²) in [5.74, 6) is 3.35. The van der Waals surface area contributed by atoms with Gasteiger partial charge in [0.25, 0.3) is 0 Å². The standard InChI is InChI=1S/C23H34N4OS/c1-14(2)19-24-20(26-9-11-27(12-10-26)22(28)23(4,5)6)18-16-8-7-15(3)13-17(16)29-21(18)25-19/h14-15H,7-13H2,1-6H3. The fourth-order valence-corrected chi connectivity index (χ4v) is 5.81. The van der Waals surface area contributed by atoms with Crippen molar-refractivity contribution in [2.75, 3.05) is 31.1 Å². The first-order chi connectivity index (χ1) is 13.6. The molecule has 1 aliphatic carbocycles. The maximum absolute atomic E-state index is 12.7. The van der Waals surface area contributed by atoms with Crippen molar-refractivity contribution in [3.8, 4) is 0 Å². The van der Waals surface area contributed by atoms with Gasteiger partial charge in [0.1, 0.15) is 16.5 Å². The van der Waals surface area contributed by atoms with Gasteiger partial charge in [-0.15, -0.1) is 11.3 Å². The molecule has 0 N–H and O–H groups in total. The largest absolute Gasteiger partial charge is 0.352 e. The Morgan fingerprint density at radius 2 is 1.83 bits per heavy atom. The lowest BCUT2D eigenvalue weighted by Crippen LogP contribution is -2.52. The summed E-state index contributed by atoms with van der Waals surface area (Å²) in [5, 5.41) is 1.29. The molecule has 158 valence electrons. The molecular weight excluding hydrogens is 380 g/mol. The van der Waals surface area contributed by atoms with Gasteiger partial charge in [-0.3, -0.25) is 4.79 Å². The number of thiophene rings is 1. The minimum absolute atomic E-state index is 0.245. The molecule has 5 nitrogen and oxygen atoms in total. The number of fused-ring (bicyclic) bond motifs is 3. The average Bonchev–Trinajstić information content (AvgIpc) is 3.03. The molecule has 1 fully saturated rings. The minimum atomic E-state index is -0.321. The first kappa shape index (κ1) is 20.6. The van der Waals surface area contributed by atoms with Crippen LogP contribution in [0.5, 0.6) is 0 Å². The lowest BCUT2D eigenvalue weighted by Gasteiger charge is -2.38. The van der Waals surface area contributed by atoms with Crippen molar-refractivity contribution < 1.29 is 4.79 Å². The highest BCUT2D eigenvalue weighted by atomic mass is 32.1. The maximum atomic E-state index is 12.7. The van der Waals surface area contributed by atoms with Crippen LogP contribution in [0, 0.1) is 11.3 Å². The summed E-state index contributed by atoms with van der Waals surface area (Å²) >= 11 is 1.88. The van der Waals surface area contributed by atoms with Crippen molar-refractivity contribution in [2.24, 2.45) is 11.3 Å². The van der Waals surface area contributed by atoms with Crippen LogP contribution in [0.1, 0.15) is 70.1 Å². The van der Waals surface area contributed by atoms with Crippen LogP contribution >= 0.6 is 11.3 Å². The Hall–Kier alpha value is -1.69. The molecular formula is C23H34N4OS. The van der Waals surface area contributed by atoms with E-state index in [1.54, 1.807) is 0 Å². The van der Waals surface area contributed by atoms with Crippen LogP contribution in [0.2, 0.25) is 0 Å². The Morgan fingerprint density at radius 3 is 2.45 bits per heavy atom. The molecule has 0 saturated carbocycles. The lowest BCUT2D eigenvalue weighted by molar-refractivity contribution is -0.139. The van der Waals surface area contributed by atoms with Gasteiger partial charge in [-0.2, -0.15) is 0 Å². The SMILES string of the molecule is CC1CCc2c(sc3nc(C(C)C)nc(N4CCN(C(=O)C(C)(C)C)CC4)c23)C1. The van der Waals surface area contributed by atoms with Crippen molar-refractivity contribution in [3.05, 3.63) is 16.3 Å². The molecule has 0 spiro atoms. The molecule has 0 radical (unpaired) electrons. The number of aromatic nitrogens is 2. The number of piperazine rings is 1. The molecule has 1 atom stereocenters. The monoisotopic (exact) mass is 414 g/mol. The molecule has 0 bridgehead atoms. The van der Waals surface area contributed by atoms with E-state index in [4.69, 9.17) is 9.97 Å². The third-order valence-electron chi connectivity index (χ3n) is 6.18. The van der Waals surface area contributed by atoms with Gasteiger partial charge in [0.2, 0.25) is 5.91 Å². The number of hydrogen-bond donors (Lipinski definition) is 0. The van der Waals surface area contributed by atoms with Gasteiger partial charge < -0.3 is 9.80 Å². The average molecular weight is 415 g/mol. The summed E-state index contributed by atoms with van der Waals surface area (Å²) in [6.45, 7) is 15.9. The van der Waals surface area contributed by atoms with Crippen molar-refractivity contribution in [3.63, 3.8) is 0 Å². The smallest absolute Gasteiger partial charge is 0.228 e. The molecule has 1 saturated heterocycles. The first-order valence-corrected chi connectivity index (χ1v) is 11.8. The third kappa shape index (κ3) is 3.88. The molecule has 1 unspecified atom stereocenters. The highest BCUT2D eigenvalue weighted by Crippen LogP contribution is 2.41. The maximum Gasteiger partial charge on any atom is 0.228 e. The van der Waals surface area contributed by atoms with E-state index in [1.807, 2.05) is 37.0 Å².